The molecular formula is C10H10ClF3N2. The summed E-state index contributed by atoms with van der Waals surface area (Å²) in [7, 11) is 0. The molecule has 0 unspecified atom stereocenters. The van der Waals surface area contributed by atoms with Crippen LogP contribution in [0.4, 0.5) is 13.2 Å². The van der Waals surface area contributed by atoms with Gasteiger partial charge in [0.05, 0.1) is 5.02 Å². The highest BCUT2D eigenvalue weighted by atomic mass is 35.5. The SMILES string of the molecule is NCC1(c2cc(Cl)cnc2F)CC(F)(F)C1. The van der Waals surface area contributed by atoms with Gasteiger partial charge < -0.3 is 5.73 Å². The summed E-state index contributed by atoms with van der Waals surface area (Å²) in [5.74, 6) is -3.54. The van der Waals surface area contributed by atoms with Crippen LogP contribution >= 0.6 is 11.6 Å². The summed E-state index contributed by atoms with van der Waals surface area (Å²) < 4.78 is 39.3. The lowest BCUT2D eigenvalue weighted by atomic mass is 9.62. The molecule has 1 aromatic rings. The zero-order chi connectivity index (χ0) is 12.0. The van der Waals surface area contributed by atoms with Crippen molar-refractivity contribution >= 4 is 11.6 Å². The molecule has 1 aliphatic rings. The number of halogens is 4. The van der Waals surface area contributed by atoms with E-state index in [0.717, 1.165) is 6.20 Å². The first-order valence-electron chi connectivity index (χ1n) is 4.78. The Bertz CT molecular complexity index is 415. The van der Waals surface area contributed by atoms with Crippen LogP contribution in [0, 0.1) is 5.95 Å². The normalized spacial score (nSPS) is 21.6. The Hall–Kier alpha value is -0.810. The van der Waals surface area contributed by atoms with Gasteiger partial charge >= 0.3 is 0 Å². The van der Waals surface area contributed by atoms with Crippen molar-refractivity contribution in [3.8, 4) is 0 Å². The maximum Gasteiger partial charge on any atom is 0.250 e. The number of rotatable bonds is 2. The van der Waals surface area contributed by atoms with Crippen molar-refractivity contribution < 1.29 is 13.2 Å². The highest BCUT2D eigenvalue weighted by molar-refractivity contribution is 6.30. The predicted octanol–water partition coefficient (Wildman–Crippen LogP) is 2.50. The van der Waals surface area contributed by atoms with E-state index in [9.17, 15) is 13.2 Å². The first-order valence-corrected chi connectivity index (χ1v) is 5.16. The van der Waals surface area contributed by atoms with Gasteiger partial charge in [0.15, 0.2) is 0 Å². The van der Waals surface area contributed by atoms with Gasteiger partial charge in [0, 0.05) is 36.6 Å². The number of pyridine rings is 1. The van der Waals surface area contributed by atoms with Crippen LogP contribution in [0.1, 0.15) is 18.4 Å². The molecule has 1 aromatic heterocycles. The number of aromatic nitrogens is 1. The monoisotopic (exact) mass is 250 g/mol. The summed E-state index contributed by atoms with van der Waals surface area (Å²) in [5, 5.41) is 0.222. The minimum atomic E-state index is -2.77. The van der Waals surface area contributed by atoms with Crippen molar-refractivity contribution in [2.24, 2.45) is 5.73 Å². The van der Waals surface area contributed by atoms with Crippen LogP contribution in [0.25, 0.3) is 0 Å². The molecular weight excluding hydrogens is 241 g/mol. The molecule has 1 saturated carbocycles. The van der Waals surface area contributed by atoms with Gasteiger partial charge in [0.25, 0.3) is 0 Å². The zero-order valence-electron chi connectivity index (χ0n) is 8.31. The van der Waals surface area contributed by atoms with E-state index in [1.165, 1.54) is 6.07 Å². The van der Waals surface area contributed by atoms with E-state index in [1.807, 2.05) is 0 Å². The number of hydrogen-bond donors (Lipinski definition) is 1. The first-order chi connectivity index (χ1) is 7.38. The van der Waals surface area contributed by atoms with Gasteiger partial charge in [-0.3, -0.25) is 0 Å². The molecule has 0 radical (unpaired) electrons. The van der Waals surface area contributed by atoms with Crippen LogP contribution < -0.4 is 5.73 Å². The second-order valence-electron chi connectivity index (χ2n) is 4.19. The second kappa shape index (κ2) is 3.60. The van der Waals surface area contributed by atoms with Crippen LogP contribution in [-0.2, 0) is 5.41 Å². The number of alkyl halides is 2. The molecule has 0 atom stereocenters. The first kappa shape index (κ1) is 11.7. The van der Waals surface area contributed by atoms with Gasteiger partial charge in [0.2, 0.25) is 11.9 Å². The minimum absolute atomic E-state index is 0.0401. The fourth-order valence-corrected chi connectivity index (χ4v) is 2.34. The lowest BCUT2D eigenvalue weighted by Crippen LogP contribution is -2.54. The molecule has 1 fully saturated rings. The summed E-state index contributed by atoms with van der Waals surface area (Å²) in [5.41, 5.74) is 4.54. The summed E-state index contributed by atoms with van der Waals surface area (Å²) in [6.07, 6.45) is 0.242. The molecule has 0 bridgehead atoms. The quantitative estimate of drug-likeness (QED) is 0.819. The van der Waals surface area contributed by atoms with Crippen LogP contribution in [0.15, 0.2) is 12.3 Å². The topological polar surface area (TPSA) is 38.9 Å². The molecule has 1 aliphatic carbocycles. The number of hydrogen-bond acceptors (Lipinski definition) is 2. The number of nitrogens with zero attached hydrogens (tertiary/aromatic N) is 1. The molecule has 88 valence electrons. The van der Waals surface area contributed by atoms with E-state index in [-0.39, 0.29) is 17.1 Å². The maximum atomic E-state index is 13.5. The van der Waals surface area contributed by atoms with Gasteiger partial charge in [-0.05, 0) is 6.07 Å². The molecule has 1 heterocycles. The predicted molar refractivity (Wildman–Crippen MR) is 54.1 cm³/mol. The fourth-order valence-electron chi connectivity index (χ4n) is 2.18. The van der Waals surface area contributed by atoms with Gasteiger partial charge in [-0.2, -0.15) is 4.39 Å². The maximum absolute atomic E-state index is 13.5. The molecule has 6 heteroatoms. The van der Waals surface area contributed by atoms with E-state index in [4.69, 9.17) is 17.3 Å². The van der Waals surface area contributed by atoms with Gasteiger partial charge in [-0.15, -0.1) is 0 Å². The summed E-state index contributed by atoms with van der Waals surface area (Å²) in [6.45, 7) is -0.0401. The Labute approximate surface area is 95.6 Å². The van der Waals surface area contributed by atoms with Crippen molar-refractivity contribution in [2.75, 3.05) is 6.54 Å². The standard InChI is InChI=1S/C10H10ClF3N2/c11-6-1-7(8(12)16-2-6)9(5-15)3-10(13,14)4-9/h1-2H,3-5,15H2. The highest BCUT2D eigenvalue weighted by Crippen LogP contribution is 2.53. The van der Waals surface area contributed by atoms with Crippen LogP contribution in [0.2, 0.25) is 5.02 Å². The Balaban J connectivity index is 2.39. The third-order valence-corrected chi connectivity index (χ3v) is 3.17. The Morgan fingerprint density at radius 2 is 2.06 bits per heavy atom. The molecule has 0 aliphatic heterocycles. The van der Waals surface area contributed by atoms with E-state index in [1.54, 1.807) is 0 Å². The van der Waals surface area contributed by atoms with E-state index >= 15 is 0 Å². The van der Waals surface area contributed by atoms with Gasteiger partial charge in [0.1, 0.15) is 0 Å². The van der Waals surface area contributed by atoms with Crippen molar-refractivity contribution in [3.63, 3.8) is 0 Å². The lowest BCUT2D eigenvalue weighted by molar-refractivity contribution is -0.124. The lowest BCUT2D eigenvalue weighted by Gasteiger charge is -2.46. The summed E-state index contributed by atoms with van der Waals surface area (Å²) >= 11 is 5.67. The molecule has 0 saturated heterocycles. The summed E-state index contributed by atoms with van der Waals surface area (Å²) in [4.78, 5) is 3.42. The Kier molecular flexibility index (Phi) is 2.62. The van der Waals surface area contributed by atoms with Crippen molar-refractivity contribution in [2.45, 2.75) is 24.2 Å². The molecule has 0 amide bonds. The zero-order valence-corrected chi connectivity index (χ0v) is 9.07. The summed E-state index contributed by atoms with van der Waals surface area (Å²) in [6, 6.07) is 1.33. The van der Waals surface area contributed by atoms with E-state index in [2.05, 4.69) is 4.98 Å². The minimum Gasteiger partial charge on any atom is -0.330 e. The molecule has 0 aromatic carbocycles. The fraction of sp³-hybridized carbons (Fsp3) is 0.500. The average Bonchev–Trinajstić information content (AvgIpc) is 2.17. The Morgan fingerprint density at radius 1 is 1.44 bits per heavy atom. The number of nitrogens with two attached hydrogens (primary N) is 1. The van der Waals surface area contributed by atoms with Gasteiger partial charge in [-0.25, -0.2) is 13.8 Å². The largest absolute Gasteiger partial charge is 0.330 e. The van der Waals surface area contributed by atoms with Crippen LogP contribution in [0.3, 0.4) is 0 Å². The molecule has 2 rings (SSSR count). The van der Waals surface area contributed by atoms with Gasteiger partial charge in [-0.1, -0.05) is 11.6 Å². The van der Waals surface area contributed by atoms with Crippen LogP contribution in [0.5, 0.6) is 0 Å². The third kappa shape index (κ3) is 1.78. The highest BCUT2D eigenvalue weighted by Gasteiger charge is 2.57. The molecule has 2 nitrogen and oxygen atoms in total. The van der Waals surface area contributed by atoms with Crippen molar-refractivity contribution in [1.82, 2.24) is 4.98 Å². The van der Waals surface area contributed by atoms with Crippen molar-refractivity contribution in [1.29, 1.82) is 0 Å². The third-order valence-electron chi connectivity index (χ3n) is 2.96. The molecule has 2 N–H and O–H groups in total. The smallest absolute Gasteiger partial charge is 0.250 e. The van der Waals surface area contributed by atoms with Crippen molar-refractivity contribution in [3.05, 3.63) is 28.8 Å². The molecule has 0 spiro atoms. The molecule has 16 heavy (non-hydrogen) atoms. The van der Waals surface area contributed by atoms with Crippen LogP contribution in [-0.4, -0.2) is 17.5 Å². The Morgan fingerprint density at radius 3 is 2.56 bits per heavy atom. The van der Waals surface area contributed by atoms with E-state index < -0.39 is 30.1 Å². The second-order valence-corrected chi connectivity index (χ2v) is 4.62. The average molecular weight is 251 g/mol. The van der Waals surface area contributed by atoms with E-state index in [0.29, 0.717) is 0 Å².